The fourth-order valence-electron chi connectivity index (χ4n) is 2.28. The fourth-order valence-corrected chi connectivity index (χ4v) is 3.30. The lowest BCUT2D eigenvalue weighted by atomic mass is 10.2. The van der Waals surface area contributed by atoms with Crippen LogP contribution < -0.4 is 5.32 Å². The molecule has 0 aliphatic rings. The first-order chi connectivity index (χ1) is 13.5. The summed E-state index contributed by atoms with van der Waals surface area (Å²) in [5.74, 6) is -1.20. The Balaban J connectivity index is 1.62. The number of nitrogens with zero attached hydrogens (tertiary/aromatic N) is 2. The van der Waals surface area contributed by atoms with Crippen molar-refractivity contribution in [3.8, 4) is 16.6 Å². The van der Waals surface area contributed by atoms with E-state index >= 15 is 0 Å². The molecule has 0 saturated carbocycles. The van der Waals surface area contributed by atoms with E-state index in [2.05, 4.69) is 10.3 Å². The molecule has 28 heavy (non-hydrogen) atoms. The number of hydrogen-bond acceptors (Lipinski definition) is 6. The Labute approximate surface area is 170 Å². The third-order valence-corrected chi connectivity index (χ3v) is 4.95. The molecule has 6 nitrogen and oxygen atoms in total. The van der Waals surface area contributed by atoms with Crippen LogP contribution in [0.2, 0.25) is 5.02 Å². The minimum atomic E-state index is -1.04. The van der Waals surface area contributed by atoms with E-state index in [1.54, 1.807) is 11.4 Å². The van der Waals surface area contributed by atoms with Gasteiger partial charge < -0.3 is 10.1 Å². The molecule has 1 aromatic heterocycles. The summed E-state index contributed by atoms with van der Waals surface area (Å²) in [4.78, 5) is 28.8. The fraction of sp³-hybridized carbons (Fsp3) is 0.100. The van der Waals surface area contributed by atoms with Gasteiger partial charge in [0.15, 0.2) is 11.8 Å². The smallest absolute Gasteiger partial charge is 0.358 e. The van der Waals surface area contributed by atoms with Crippen LogP contribution in [0.3, 0.4) is 0 Å². The average Bonchev–Trinajstić information content (AvgIpc) is 3.19. The van der Waals surface area contributed by atoms with Gasteiger partial charge in [0.05, 0.1) is 10.6 Å². The molecule has 3 rings (SSSR count). The summed E-state index contributed by atoms with van der Waals surface area (Å²) in [7, 11) is 0. The summed E-state index contributed by atoms with van der Waals surface area (Å²) in [5, 5.41) is 14.0. The lowest BCUT2D eigenvalue weighted by molar-refractivity contribution is -0.123. The van der Waals surface area contributed by atoms with Crippen LogP contribution in [0, 0.1) is 11.3 Å². The topological polar surface area (TPSA) is 92.1 Å². The minimum absolute atomic E-state index is 0.143. The van der Waals surface area contributed by atoms with E-state index < -0.39 is 18.0 Å². The average molecular weight is 412 g/mol. The summed E-state index contributed by atoms with van der Waals surface area (Å²) in [5.41, 5.74) is 1.74. The number of halogens is 1. The molecule has 0 aliphatic heterocycles. The third-order valence-electron chi connectivity index (χ3n) is 3.74. The number of nitrogens with one attached hydrogen (secondary N) is 1. The number of nitriles is 1. The van der Waals surface area contributed by atoms with Crippen molar-refractivity contribution in [2.45, 2.75) is 13.0 Å². The van der Waals surface area contributed by atoms with Crippen LogP contribution >= 0.6 is 22.9 Å². The van der Waals surface area contributed by atoms with Gasteiger partial charge in [-0.15, -0.1) is 11.3 Å². The number of ether oxygens (including phenoxy) is 1. The maximum absolute atomic E-state index is 12.3. The second-order valence-corrected chi connectivity index (χ2v) is 7.01. The van der Waals surface area contributed by atoms with E-state index in [4.69, 9.17) is 21.6 Å². The van der Waals surface area contributed by atoms with E-state index in [-0.39, 0.29) is 10.7 Å². The van der Waals surface area contributed by atoms with Crippen LogP contribution in [0.15, 0.2) is 53.9 Å². The molecule has 3 aromatic rings. The number of hydrogen-bond donors (Lipinski definition) is 1. The lowest BCUT2D eigenvalue weighted by Crippen LogP contribution is -2.30. The van der Waals surface area contributed by atoms with Crippen molar-refractivity contribution in [3.05, 3.63) is 70.2 Å². The Morgan fingerprint density at radius 3 is 2.68 bits per heavy atom. The SMILES string of the molecule is C[C@@H](OC(=O)c1csc(-c2ccccc2)n1)C(=O)Nc1ccc(C#N)c(Cl)c1. The Hall–Kier alpha value is -3.21. The van der Waals surface area contributed by atoms with Gasteiger partial charge in [-0.2, -0.15) is 5.26 Å². The molecular weight excluding hydrogens is 398 g/mol. The Bertz CT molecular complexity index is 1060. The summed E-state index contributed by atoms with van der Waals surface area (Å²) in [6.07, 6.45) is -1.04. The molecule has 0 radical (unpaired) electrons. The highest BCUT2D eigenvalue weighted by molar-refractivity contribution is 7.13. The molecule has 8 heteroatoms. The van der Waals surface area contributed by atoms with Crippen LogP contribution in [-0.2, 0) is 9.53 Å². The zero-order chi connectivity index (χ0) is 20.1. The molecule has 1 heterocycles. The maximum Gasteiger partial charge on any atom is 0.358 e. The number of amides is 1. The van der Waals surface area contributed by atoms with E-state index in [1.807, 2.05) is 36.4 Å². The van der Waals surface area contributed by atoms with Crippen LogP contribution in [0.25, 0.3) is 10.6 Å². The number of carbonyl (C=O) groups excluding carboxylic acids is 2. The molecule has 1 atom stereocenters. The Morgan fingerprint density at radius 2 is 2.00 bits per heavy atom. The predicted octanol–water partition coefficient (Wildman–Crippen LogP) is 4.52. The molecule has 140 valence electrons. The van der Waals surface area contributed by atoms with Gasteiger partial charge in [0.2, 0.25) is 0 Å². The van der Waals surface area contributed by atoms with Crippen LogP contribution in [0.1, 0.15) is 23.0 Å². The number of esters is 1. The van der Waals surface area contributed by atoms with Gasteiger partial charge in [0, 0.05) is 16.6 Å². The minimum Gasteiger partial charge on any atom is -0.448 e. The second kappa shape index (κ2) is 8.65. The number of benzene rings is 2. The highest BCUT2D eigenvalue weighted by atomic mass is 35.5. The number of anilines is 1. The molecular formula is C20H14ClN3O3S. The molecule has 1 amide bonds. The van der Waals surface area contributed by atoms with Gasteiger partial charge in [-0.25, -0.2) is 9.78 Å². The van der Waals surface area contributed by atoms with Crippen molar-refractivity contribution in [3.63, 3.8) is 0 Å². The summed E-state index contributed by atoms with van der Waals surface area (Å²) in [6, 6.07) is 15.9. The Morgan fingerprint density at radius 1 is 1.25 bits per heavy atom. The molecule has 0 unspecified atom stereocenters. The zero-order valence-corrected chi connectivity index (χ0v) is 16.3. The van der Waals surface area contributed by atoms with Crippen molar-refractivity contribution in [2.24, 2.45) is 0 Å². The zero-order valence-electron chi connectivity index (χ0n) is 14.7. The summed E-state index contributed by atoms with van der Waals surface area (Å²) >= 11 is 7.26. The Kier molecular flexibility index (Phi) is 6.04. The van der Waals surface area contributed by atoms with E-state index in [0.717, 1.165) is 5.56 Å². The van der Waals surface area contributed by atoms with Gasteiger partial charge in [-0.1, -0.05) is 41.9 Å². The number of carbonyl (C=O) groups is 2. The second-order valence-electron chi connectivity index (χ2n) is 5.75. The monoisotopic (exact) mass is 411 g/mol. The van der Waals surface area contributed by atoms with Crippen molar-refractivity contribution >= 4 is 40.5 Å². The normalized spacial score (nSPS) is 11.3. The number of thiazole rings is 1. The standard InChI is InChI=1S/C20H14ClN3O3S/c1-12(18(25)23-15-8-7-14(10-22)16(21)9-15)27-20(26)17-11-28-19(24-17)13-5-3-2-4-6-13/h2-9,11-12H,1H3,(H,23,25)/t12-/m1/s1. The van der Waals surface area contributed by atoms with Crippen LogP contribution in [0.4, 0.5) is 5.69 Å². The molecule has 0 bridgehead atoms. The number of aromatic nitrogens is 1. The molecule has 0 aliphatic carbocycles. The maximum atomic E-state index is 12.3. The molecule has 1 N–H and O–H groups in total. The highest BCUT2D eigenvalue weighted by Gasteiger charge is 2.21. The molecule has 0 saturated heterocycles. The van der Waals surface area contributed by atoms with Crippen molar-refractivity contribution in [1.82, 2.24) is 4.98 Å². The van der Waals surface area contributed by atoms with Crippen molar-refractivity contribution < 1.29 is 14.3 Å². The first-order valence-corrected chi connectivity index (χ1v) is 9.46. The van der Waals surface area contributed by atoms with Crippen LogP contribution in [-0.4, -0.2) is 23.0 Å². The largest absolute Gasteiger partial charge is 0.448 e. The van der Waals surface area contributed by atoms with Gasteiger partial charge >= 0.3 is 5.97 Å². The van der Waals surface area contributed by atoms with E-state index in [9.17, 15) is 9.59 Å². The third kappa shape index (κ3) is 4.55. The van der Waals surface area contributed by atoms with E-state index in [1.165, 1.54) is 30.4 Å². The molecule has 2 aromatic carbocycles. The first-order valence-electron chi connectivity index (χ1n) is 8.20. The van der Waals surface area contributed by atoms with Crippen molar-refractivity contribution in [2.75, 3.05) is 5.32 Å². The van der Waals surface area contributed by atoms with Gasteiger partial charge in [0.25, 0.3) is 5.91 Å². The summed E-state index contributed by atoms with van der Waals surface area (Å²) in [6.45, 7) is 1.46. The summed E-state index contributed by atoms with van der Waals surface area (Å²) < 4.78 is 5.20. The molecule has 0 fully saturated rings. The number of rotatable bonds is 5. The first kappa shape index (κ1) is 19.5. The molecule has 0 spiro atoms. The van der Waals surface area contributed by atoms with Crippen LogP contribution in [0.5, 0.6) is 0 Å². The predicted molar refractivity (Wildman–Crippen MR) is 107 cm³/mol. The van der Waals surface area contributed by atoms with Gasteiger partial charge in [-0.05, 0) is 25.1 Å². The highest BCUT2D eigenvalue weighted by Crippen LogP contribution is 2.24. The van der Waals surface area contributed by atoms with Gasteiger partial charge in [-0.3, -0.25) is 4.79 Å². The lowest BCUT2D eigenvalue weighted by Gasteiger charge is -2.13. The van der Waals surface area contributed by atoms with Gasteiger partial charge in [0.1, 0.15) is 11.1 Å². The quantitative estimate of drug-likeness (QED) is 0.623. The van der Waals surface area contributed by atoms with Crippen molar-refractivity contribution in [1.29, 1.82) is 5.26 Å². The van der Waals surface area contributed by atoms with E-state index in [0.29, 0.717) is 16.3 Å².